The van der Waals surface area contributed by atoms with Crippen LogP contribution in [-0.4, -0.2) is 39.4 Å². The Morgan fingerprint density at radius 3 is 2.35 bits per heavy atom. The summed E-state index contributed by atoms with van der Waals surface area (Å²) in [5.41, 5.74) is 1.73. The molecule has 1 aromatic heterocycles. The molecule has 1 aromatic carbocycles. The van der Waals surface area contributed by atoms with Crippen molar-refractivity contribution in [1.29, 1.82) is 0 Å². The number of aromatic nitrogens is 1. The van der Waals surface area contributed by atoms with E-state index in [1.54, 1.807) is 30.4 Å². The second-order valence-corrected chi connectivity index (χ2v) is 13.7. The van der Waals surface area contributed by atoms with Crippen molar-refractivity contribution < 1.29 is 17.7 Å². The average molecular weight is 452 g/mol. The predicted molar refractivity (Wildman–Crippen MR) is 118 cm³/mol. The van der Waals surface area contributed by atoms with Crippen LogP contribution in [0, 0.1) is 0 Å². The molecule has 0 atom stereocenters. The first-order valence-corrected chi connectivity index (χ1v) is 15.5. The fourth-order valence-corrected chi connectivity index (χ4v) is 10.6. The van der Waals surface area contributed by atoms with Gasteiger partial charge in [-0.05, 0) is 59.0 Å². The first-order valence-electron chi connectivity index (χ1n) is 8.63. The predicted octanol–water partition coefficient (Wildman–Crippen LogP) is 6.30. The maximum absolute atomic E-state index is 5.87. The van der Waals surface area contributed by atoms with Gasteiger partial charge in [0.25, 0.3) is 5.22 Å². The molecule has 0 aliphatic rings. The van der Waals surface area contributed by atoms with Crippen LogP contribution in [0.5, 0.6) is 0 Å². The van der Waals surface area contributed by atoms with Gasteiger partial charge in [-0.2, -0.15) is 0 Å². The van der Waals surface area contributed by atoms with E-state index in [9.17, 15) is 0 Å². The van der Waals surface area contributed by atoms with Gasteiger partial charge in [0, 0.05) is 42.4 Å². The molecule has 1 heterocycles. The minimum absolute atomic E-state index is 0.630. The van der Waals surface area contributed by atoms with Crippen molar-refractivity contribution in [2.24, 2.45) is 0 Å². The Morgan fingerprint density at radius 2 is 1.69 bits per heavy atom. The van der Waals surface area contributed by atoms with E-state index in [1.807, 2.05) is 55.8 Å². The smallest absolute Gasteiger partial charge is 0.431 e. The van der Waals surface area contributed by atoms with Gasteiger partial charge in [0.05, 0.1) is 0 Å². The Balaban J connectivity index is 1.64. The van der Waals surface area contributed by atoms with Crippen LogP contribution in [0.1, 0.15) is 27.2 Å². The molecule has 0 saturated heterocycles. The molecule has 2 aromatic rings. The number of fused-ring (bicyclic) bond motifs is 1. The van der Waals surface area contributed by atoms with E-state index in [0.29, 0.717) is 25.0 Å². The number of para-hydroxylation sites is 2. The lowest BCUT2D eigenvalue weighted by Crippen LogP contribution is -2.46. The van der Waals surface area contributed by atoms with Gasteiger partial charge < -0.3 is 17.7 Å². The Bertz CT molecular complexity index is 595. The van der Waals surface area contributed by atoms with Gasteiger partial charge in [-0.15, -0.1) is 0 Å². The lowest BCUT2D eigenvalue weighted by atomic mass is 10.3. The third-order valence-corrected chi connectivity index (χ3v) is 12.5. The molecular weight excluding hydrogens is 427 g/mol. The van der Waals surface area contributed by atoms with E-state index in [2.05, 4.69) is 4.98 Å². The molecule has 0 aliphatic carbocycles. The zero-order valence-corrected chi connectivity index (χ0v) is 19.5. The highest BCUT2D eigenvalue weighted by Gasteiger charge is 2.39. The first kappa shape index (κ1) is 22.5. The molecule has 0 saturated carbocycles. The van der Waals surface area contributed by atoms with E-state index >= 15 is 0 Å². The van der Waals surface area contributed by atoms with Gasteiger partial charge >= 0.3 is 8.80 Å². The Labute approximate surface area is 171 Å². The highest BCUT2D eigenvalue weighted by molar-refractivity contribution is 9.26. The van der Waals surface area contributed by atoms with Crippen LogP contribution in [0.15, 0.2) is 33.9 Å². The number of oxazole rings is 1. The number of hydrogen-bond acceptors (Lipinski definition) is 9. The molecule has 5 nitrogen and oxygen atoms in total. The molecule has 0 aliphatic heterocycles. The van der Waals surface area contributed by atoms with Crippen molar-refractivity contribution in [2.45, 2.75) is 38.5 Å². The van der Waals surface area contributed by atoms with Crippen LogP contribution < -0.4 is 0 Å². The van der Waals surface area contributed by atoms with Crippen LogP contribution in [0.25, 0.3) is 11.1 Å². The maximum atomic E-state index is 5.87. The van der Waals surface area contributed by atoms with Crippen molar-refractivity contribution in [2.75, 3.05) is 25.6 Å². The van der Waals surface area contributed by atoms with E-state index in [1.165, 1.54) is 0 Å². The summed E-state index contributed by atoms with van der Waals surface area (Å²) in [5.74, 6) is 1.02. The van der Waals surface area contributed by atoms with Crippen molar-refractivity contribution in [3.63, 3.8) is 0 Å². The second-order valence-electron chi connectivity index (χ2n) is 5.07. The minimum atomic E-state index is -2.50. The fourth-order valence-electron chi connectivity index (χ4n) is 2.33. The summed E-state index contributed by atoms with van der Waals surface area (Å²) >= 11 is 0. The summed E-state index contributed by atoms with van der Waals surface area (Å²) in [5, 5.41) is 0.694. The highest BCUT2D eigenvalue weighted by Crippen LogP contribution is 2.47. The van der Waals surface area contributed by atoms with Gasteiger partial charge in [0.15, 0.2) is 5.58 Å². The molecule has 0 radical (unpaired) electrons. The summed E-state index contributed by atoms with van der Waals surface area (Å²) in [6, 6.07) is 8.67. The Morgan fingerprint density at radius 1 is 1.00 bits per heavy atom. The zero-order valence-electron chi connectivity index (χ0n) is 15.3. The normalized spacial score (nSPS) is 12.1. The summed E-state index contributed by atoms with van der Waals surface area (Å²) < 4.78 is 23.3. The van der Waals surface area contributed by atoms with Crippen molar-refractivity contribution in [1.82, 2.24) is 4.98 Å². The third-order valence-electron chi connectivity index (χ3n) is 3.26. The SMILES string of the molecule is CCO[Si](CCCSSSSc1nc2ccccc2o1)(OCC)OCC. The summed E-state index contributed by atoms with van der Waals surface area (Å²) in [7, 11) is 4.28. The van der Waals surface area contributed by atoms with E-state index in [-0.39, 0.29) is 0 Å². The Kier molecular flexibility index (Phi) is 10.9. The van der Waals surface area contributed by atoms with Crippen LogP contribution in [-0.2, 0) is 13.3 Å². The van der Waals surface area contributed by atoms with E-state index in [0.717, 1.165) is 29.3 Å². The van der Waals surface area contributed by atoms with E-state index in [4.69, 9.17) is 17.7 Å². The van der Waals surface area contributed by atoms with Crippen molar-refractivity contribution in [3.8, 4) is 0 Å². The molecule has 0 fully saturated rings. The van der Waals surface area contributed by atoms with Gasteiger partial charge in [0.1, 0.15) is 5.52 Å². The number of hydrogen-bond donors (Lipinski definition) is 0. The van der Waals surface area contributed by atoms with Crippen LogP contribution >= 0.6 is 41.2 Å². The number of nitrogens with zero attached hydrogens (tertiary/aromatic N) is 1. The van der Waals surface area contributed by atoms with Crippen LogP contribution in [0.3, 0.4) is 0 Å². The van der Waals surface area contributed by atoms with Gasteiger partial charge in [-0.3, -0.25) is 0 Å². The quantitative estimate of drug-likeness (QED) is 0.187. The zero-order chi connectivity index (χ0) is 18.7. The third kappa shape index (κ3) is 7.31. The molecule has 0 amide bonds. The van der Waals surface area contributed by atoms with Crippen molar-refractivity contribution >= 4 is 61.1 Å². The lowest BCUT2D eigenvalue weighted by Gasteiger charge is -2.28. The minimum Gasteiger partial charge on any atom is -0.431 e. The topological polar surface area (TPSA) is 53.7 Å². The molecule has 146 valence electrons. The Hall–Kier alpha value is 0.187. The molecule has 0 N–H and O–H groups in total. The lowest BCUT2D eigenvalue weighted by molar-refractivity contribution is 0.0712. The van der Waals surface area contributed by atoms with Crippen LogP contribution in [0.4, 0.5) is 0 Å². The number of benzene rings is 1. The highest BCUT2D eigenvalue weighted by atomic mass is 33.7. The summed E-state index contributed by atoms with van der Waals surface area (Å²) in [6.07, 6.45) is 1.01. The molecule has 0 unspecified atom stereocenters. The summed E-state index contributed by atoms with van der Waals surface area (Å²) in [4.78, 5) is 4.45. The molecular formula is C16H25NO4S4Si. The monoisotopic (exact) mass is 451 g/mol. The molecule has 10 heteroatoms. The molecule has 0 spiro atoms. The van der Waals surface area contributed by atoms with Gasteiger partial charge in [-0.1, -0.05) is 22.9 Å². The van der Waals surface area contributed by atoms with Crippen LogP contribution in [0.2, 0.25) is 6.04 Å². The van der Waals surface area contributed by atoms with E-state index < -0.39 is 8.80 Å². The molecule has 2 rings (SSSR count). The standard InChI is InChI=1S/C16H25NO4S4Si/c1-4-18-26(19-5-2,20-6-3)13-9-12-22-24-25-23-16-17-14-10-7-8-11-15(14)21-16/h7-8,10-11H,4-6,9,12-13H2,1-3H3. The average Bonchev–Trinajstić information content (AvgIpc) is 3.04. The second kappa shape index (κ2) is 12.6. The maximum Gasteiger partial charge on any atom is 0.500 e. The van der Waals surface area contributed by atoms with Crippen molar-refractivity contribution in [3.05, 3.63) is 24.3 Å². The number of rotatable bonds is 14. The summed E-state index contributed by atoms with van der Waals surface area (Å²) in [6.45, 7) is 7.86. The molecule has 0 bridgehead atoms. The largest absolute Gasteiger partial charge is 0.500 e. The van der Waals surface area contributed by atoms with Gasteiger partial charge in [0.2, 0.25) is 0 Å². The molecule has 26 heavy (non-hydrogen) atoms. The van der Waals surface area contributed by atoms with Gasteiger partial charge in [-0.25, -0.2) is 4.98 Å². The first-order chi connectivity index (χ1) is 12.7. The fraction of sp³-hybridized carbons (Fsp3) is 0.562.